The van der Waals surface area contributed by atoms with Gasteiger partial charge in [0.1, 0.15) is 12.4 Å². The number of nitro benzene ring substituents is 1. The standard InChI is InChI=1S/C19H20N2O7/c1-12-9-14(28-17(12)19(23)26-2)11-27-18(22)15-10-13(21(24)25)5-6-16(15)20-7-3-4-8-20/h5-6,9-10H,3-4,7-8,11H2,1-2H3. The lowest BCUT2D eigenvalue weighted by atomic mass is 10.1. The van der Waals surface area contributed by atoms with E-state index in [1.54, 1.807) is 19.1 Å². The summed E-state index contributed by atoms with van der Waals surface area (Å²) < 4.78 is 15.3. The van der Waals surface area contributed by atoms with E-state index >= 15 is 0 Å². The molecule has 1 aliphatic heterocycles. The fourth-order valence-corrected chi connectivity index (χ4v) is 3.16. The molecule has 0 unspecified atom stereocenters. The molecule has 0 atom stereocenters. The SMILES string of the molecule is COC(=O)c1oc(COC(=O)c2cc([N+](=O)[O-])ccc2N2CCCC2)cc1C. The number of hydrogen-bond acceptors (Lipinski definition) is 8. The lowest BCUT2D eigenvalue weighted by Crippen LogP contribution is -2.21. The van der Waals surface area contributed by atoms with Gasteiger partial charge in [-0.25, -0.2) is 9.59 Å². The molecule has 9 heteroatoms. The fraction of sp³-hybridized carbons (Fsp3) is 0.368. The molecule has 1 fully saturated rings. The van der Waals surface area contributed by atoms with Crippen LogP contribution in [0, 0.1) is 17.0 Å². The highest BCUT2D eigenvalue weighted by Crippen LogP contribution is 2.29. The molecule has 2 aromatic rings. The largest absolute Gasteiger partial charge is 0.463 e. The van der Waals surface area contributed by atoms with Crippen LogP contribution in [0.4, 0.5) is 11.4 Å². The Morgan fingerprint density at radius 2 is 1.93 bits per heavy atom. The predicted molar refractivity (Wildman–Crippen MR) is 98.4 cm³/mol. The topological polar surface area (TPSA) is 112 Å². The van der Waals surface area contributed by atoms with Gasteiger partial charge in [-0.05, 0) is 31.9 Å². The number of hydrogen-bond donors (Lipinski definition) is 0. The van der Waals surface area contributed by atoms with Crippen molar-refractivity contribution in [2.45, 2.75) is 26.4 Å². The van der Waals surface area contributed by atoms with Gasteiger partial charge in [0.15, 0.2) is 0 Å². The van der Waals surface area contributed by atoms with Gasteiger partial charge in [0.05, 0.1) is 23.3 Å². The van der Waals surface area contributed by atoms with Gasteiger partial charge >= 0.3 is 11.9 Å². The van der Waals surface area contributed by atoms with Gasteiger partial charge < -0.3 is 18.8 Å². The number of esters is 2. The third-order valence-electron chi connectivity index (χ3n) is 4.54. The van der Waals surface area contributed by atoms with Crippen LogP contribution in [0.3, 0.4) is 0 Å². The molecule has 1 aromatic heterocycles. The minimum absolute atomic E-state index is 0.0432. The number of furan rings is 1. The molecule has 0 saturated carbocycles. The number of carbonyl (C=O) groups excluding carboxylic acids is 2. The molecule has 1 saturated heterocycles. The monoisotopic (exact) mass is 388 g/mol. The van der Waals surface area contributed by atoms with Crippen LogP contribution in [0.2, 0.25) is 0 Å². The number of nitro groups is 1. The number of ether oxygens (including phenoxy) is 2. The molecule has 0 amide bonds. The molecule has 0 bridgehead atoms. The van der Waals surface area contributed by atoms with Gasteiger partial charge in [-0.15, -0.1) is 0 Å². The number of anilines is 1. The Hall–Kier alpha value is -3.36. The van der Waals surface area contributed by atoms with Crippen molar-refractivity contribution in [1.82, 2.24) is 0 Å². The van der Waals surface area contributed by atoms with Crippen molar-refractivity contribution in [1.29, 1.82) is 0 Å². The Morgan fingerprint density at radius 3 is 2.57 bits per heavy atom. The molecular weight excluding hydrogens is 368 g/mol. The number of aryl methyl sites for hydroxylation is 1. The predicted octanol–water partition coefficient (Wildman–Crippen LogP) is 3.24. The first kappa shape index (κ1) is 19.4. The zero-order valence-corrected chi connectivity index (χ0v) is 15.6. The quantitative estimate of drug-likeness (QED) is 0.421. The molecule has 0 aliphatic carbocycles. The number of non-ortho nitro benzene ring substituents is 1. The van der Waals surface area contributed by atoms with Crippen molar-refractivity contribution in [3.05, 3.63) is 57.0 Å². The summed E-state index contributed by atoms with van der Waals surface area (Å²) in [6.45, 7) is 3.02. The molecule has 0 radical (unpaired) electrons. The fourth-order valence-electron chi connectivity index (χ4n) is 3.16. The smallest absolute Gasteiger partial charge is 0.374 e. The van der Waals surface area contributed by atoms with Gasteiger partial charge in [0, 0.05) is 30.8 Å². The summed E-state index contributed by atoms with van der Waals surface area (Å²) in [5, 5.41) is 11.1. The molecule has 9 nitrogen and oxygen atoms in total. The molecule has 28 heavy (non-hydrogen) atoms. The Balaban J connectivity index is 1.80. The maximum Gasteiger partial charge on any atom is 0.374 e. The molecule has 1 aliphatic rings. The second-order valence-electron chi connectivity index (χ2n) is 6.45. The van der Waals surface area contributed by atoms with Gasteiger partial charge in [0.2, 0.25) is 5.76 Å². The summed E-state index contributed by atoms with van der Waals surface area (Å²) >= 11 is 0. The summed E-state index contributed by atoms with van der Waals surface area (Å²) in [6, 6.07) is 5.76. The number of rotatable bonds is 6. The van der Waals surface area contributed by atoms with Crippen molar-refractivity contribution in [3.63, 3.8) is 0 Å². The van der Waals surface area contributed by atoms with E-state index < -0.39 is 16.9 Å². The second kappa shape index (κ2) is 8.12. The summed E-state index contributed by atoms with van der Waals surface area (Å²) in [5.74, 6) is -0.995. The van der Waals surface area contributed by atoms with E-state index in [-0.39, 0.29) is 29.4 Å². The van der Waals surface area contributed by atoms with Gasteiger partial charge in [0.25, 0.3) is 5.69 Å². The van der Waals surface area contributed by atoms with Gasteiger partial charge in [-0.1, -0.05) is 0 Å². The molecule has 3 rings (SSSR count). The van der Waals surface area contributed by atoms with Crippen molar-refractivity contribution < 1.29 is 28.4 Å². The van der Waals surface area contributed by atoms with Crippen molar-refractivity contribution >= 4 is 23.3 Å². The van der Waals surface area contributed by atoms with E-state index in [4.69, 9.17) is 9.15 Å². The number of nitrogens with zero attached hydrogens (tertiary/aromatic N) is 2. The van der Waals surface area contributed by atoms with E-state index in [9.17, 15) is 19.7 Å². The normalized spacial score (nSPS) is 13.4. The van der Waals surface area contributed by atoms with E-state index in [1.165, 1.54) is 19.2 Å². The average Bonchev–Trinajstić information content (AvgIpc) is 3.34. The van der Waals surface area contributed by atoms with Crippen LogP contribution >= 0.6 is 0 Å². The first-order chi connectivity index (χ1) is 13.4. The van der Waals surface area contributed by atoms with Gasteiger partial charge in [-0.2, -0.15) is 0 Å². The second-order valence-corrected chi connectivity index (χ2v) is 6.45. The third-order valence-corrected chi connectivity index (χ3v) is 4.54. The van der Waals surface area contributed by atoms with Crippen molar-refractivity contribution in [2.75, 3.05) is 25.1 Å². The Kier molecular flexibility index (Phi) is 5.62. The van der Waals surface area contributed by atoms with Crippen LogP contribution in [0.15, 0.2) is 28.7 Å². The van der Waals surface area contributed by atoms with E-state index in [0.29, 0.717) is 11.3 Å². The minimum atomic E-state index is -0.695. The van der Waals surface area contributed by atoms with Crippen LogP contribution in [0.5, 0.6) is 0 Å². The van der Waals surface area contributed by atoms with E-state index in [2.05, 4.69) is 4.74 Å². The Labute approximate surface area is 161 Å². The summed E-state index contributed by atoms with van der Waals surface area (Å²) in [6.07, 6.45) is 1.99. The number of benzene rings is 1. The van der Waals surface area contributed by atoms with Crippen molar-refractivity contribution in [3.8, 4) is 0 Å². The highest BCUT2D eigenvalue weighted by Gasteiger charge is 2.24. The average molecular weight is 388 g/mol. The maximum atomic E-state index is 12.6. The molecule has 148 valence electrons. The highest BCUT2D eigenvalue weighted by atomic mass is 16.6. The summed E-state index contributed by atoms with van der Waals surface area (Å²) in [7, 11) is 1.24. The lowest BCUT2D eigenvalue weighted by Gasteiger charge is -2.20. The first-order valence-electron chi connectivity index (χ1n) is 8.79. The Morgan fingerprint density at radius 1 is 1.21 bits per heavy atom. The lowest BCUT2D eigenvalue weighted by molar-refractivity contribution is -0.384. The highest BCUT2D eigenvalue weighted by molar-refractivity contribution is 5.96. The number of methoxy groups -OCH3 is 1. The third kappa shape index (κ3) is 3.98. The molecule has 0 spiro atoms. The van der Waals surface area contributed by atoms with Gasteiger partial charge in [-0.3, -0.25) is 10.1 Å². The van der Waals surface area contributed by atoms with Crippen molar-refractivity contribution in [2.24, 2.45) is 0 Å². The summed E-state index contributed by atoms with van der Waals surface area (Å²) in [5.41, 5.74) is 1.12. The van der Waals surface area contributed by atoms with Crippen LogP contribution in [-0.2, 0) is 16.1 Å². The molecular formula is C19H20N2O7. The maximum absolute atomic E-state index is 12.6. The minimum Gasteiger partial charge on any atom is -0.463 e. The molecule has 2 heterocycles. The Bertz CT molecular complexity index is 913. The number of carbonyl (C=O) groups is 2. The summed E-state index contributed by atoms with van der Waals surface area (Å²) in [4.78, 5) is 36.8. The van der Waals surface area contributed by atoms with E-state index in [0.717, 1.165) is 25.9 Å². The zero-order chi connectivity index (χ0) is 20.3. The van der Waals surface area contributed by atoms with E-state index in [1.807, 2.05) is 4.90 Å². The molecule has 0 N–H and O–H groups in total. The first-order valence-corrected chi connectivity index (χ1v) is 8.79. The van der Waals surface area contributed by atoms with Crippen LogP contribution in [-0.4, -0.2) is 37.1 Å². The molecule has 1 aromatic carbocycles. The zero-order valence-electron chi connectivity index (χ0n) is 15.6. The van der Waals surface area contributed by atoms with Crippen LogP contribution in [0.25, 0.3) is 0 Å². The van der Waals surface area contributed by atoms with Crippen LogP contribution < -0.4 is 4.90 Å². The van der Waals surface area contributed by atoms with Crippen LogP contribution in [0.1, 0.15) is 45.1 Å².